The largest absolute Gasteiger partial charge is 0.299 e. The number of Topliss-reactive ketones (excluding diaryl/α,β-unsaturated/α-hetero) is 1. The van der Waals surface area contributed by atoms with Crippen LogP contribution >= 0.6 is 23.2 Å². The number of carbonyl (C=O) groups is 1. The standard InChI is InChI=1S/C13H14Cl2O/c1-9(16)13(7-2-3-8-13)12-10(14)5-4-6-11(12)15/h4-6H,2-3,7-8H2,1H3. The van der Waals surface area contributed by atoms with Crippen LogP contribution in [0, 0.1) is 0 Å². The molecule has 0 spiro atoms. The molecule has 1 aromatic carbocycles. The molecule has 1 saturated carbocycles. The van der Waals surface area contributed by atoms with Gasteiger partial charge in [-0.15, -0.1) is 0 Å². The zero-order valence-electron chi connectivity index (χ0n) is 9.22. The van der Waals surface area contributed by atoms with Crippen molar-refractivity contribution in [3.05, 3.63) is 33.8 Å². The average Bonchev–Trinajstić information content (AvgIpc) is 2.67. The fourth-order valence-corrected chi connectivity index (χ4v) is 3.47. The summed E-state index contributed by atoms with van der Waals surface area (Å²) >= 11 is 12.4. The Kier molecular flexibility index (Phi) is 3.27. The molecule has 1 aliphatic rings. The summed E-state index contributed by atoms with van der Waals surface area (Å²) in [7, 11) is 0. The quantitative estimate of drug-likeness (QED) is 0.767. The third kappa shape index (κ3) is 1.76. The summed E-state index contributed by atoms with van der Waals surface area (Å²) in [5.74, 6) is 0.181. The molecule has 0 aliphatic heterocycles. The summed E-state index contributed by atoms with van der Waals surface area (Å²) in [5, 5.41) is 1.23. The van der Waals surface area contributed by atoms with E-state index in [4.69, 9.17) is 23.2 Å². The molecule has 0 heterocycles. The van der Waals surface area contributed by atoms with Crippen molar-refractivity contribution in [2.24, 2.45) is 0 Å². The van der Waals surface area contributed by atoms with Crippen LogP contribution in [0.3, 0.4) is 0 Å². The van der Waals surface area contributed by atoms with Gasteiger partial charge in [0.05, 0.1) is 5.41 Å². The van der Waals surface area contributed by atoms with E-state index < -0.39 is 5.41 Å². The van der Waals surface area contributed by atoms with Gasteiger partial charge in [0.15, 0.2) is 0 Å². The highest BCUT2D eigenvalue weighted by Gasteiger charge is 2.42. The second kappa shape index (κ2) is 4.38. The topological polar surface area (TPSA) is 17.1 Å². The molecule has 0 N–H and O–H groups in total. The first-order valence-electron chi connectivity index (χ1n) is 5.53. The second-order valence-electron chi connectivity index (χ2n) is 4.44. The Morgan fingerprint density at radius 3 is 2.12 bits per heavy atom. The van der Waals surface area contributed by atoms with Gasteiger partial charge in [-0.25, -0.2) is 0 Å². The maximum atomic E-state index is 12.0. The number of ketones is 1. The Balaban J connectivity index is 2.60. The maximum Gasteiger partial charge on any atom is 0.140 e. The minimum Gasteiger partial charge on any atom is -0.299 e. The van der Waals surface area contributed by atoms with Gasteiger partial charge in [0.1, 0.15) is 5.78 Å². The van der Waals surface area contributed by atoms with E-state index in [2.05, 4.69) is 0 Å². The highest BCUT2D eigenvalue weighted by atomic mass is 35.5. The molecule has 0 bridgehead atoms. The van der Waals surface area contributed by atoms with Gasteiger partial charge in [0.2, 0.25) is 0 Å². The molecule has 1 fully saturated rings. The lowest BCUT2D eigenvalue weighted by Gasteiger charge is -2.28. The van der Waals surface area contributed by atoms with Crippen molar-refractivity contribution in [3.8, 4) is 0 Å². The van der Waals surface area contributed by atoms with Gasteiger partial charge in [-0.1, -0.05) is 42.1 Å². The first kappa shape index (κ1) is 11.9. The molecule has 1 aliphatic carbocycles. The van der Waals surface area contributed by atoms with E-state index in [1.807, 2.05) is 18.2 Å². The van der Waals surface area contributed by atoms with E-state index in [-0.39, 0.29) is 5.78 Å². The summed E-state index contributed by atoms with van der Waals surface area (Å²) in [5.41, 5.74) is 0.401. The number of benzene rings is 1. The van der Waals surface area contributed by atoms with Crippen LogP contribution in [0.5, 0.6) is 0 Å². The molecule has 2 rings (SSSR count). The summed E-state index contributed by atoms with van der Waals surface area (Å²) in [4.78, 5) is 12.0. The lowest BCUT2D eigenvalue weighted by atomic mass is 9.75. The van der Waals surface area contributed by atoms with Crippen LogP contribution in [0.1, 0.15) is 38.2 Å². The molecule has 1 nitrogen and oxygen atoms in total. The molecule has 0 amide bonds. The van der Waals surface area contributed by atoms with Crippen molar-refractivity contribution in [1.29, 1.82) is 0 Å². The lowest BCUT2D eigenvalue weighted by molar-refractivity contribution is -0.122. The van der Waals surface area contributed by atoms with Gasteiger partial charge in [0, 0.05) is 15.6 Å². The van der Waals surface area contributed by atoms with Crippen molar-refractivity contribution in [1.82, 2.24) is 0 Å². The fraction of sp³-hybridized carbons (Fsp3) is 0.462. The van der Waals surface area contributed by atoms with E-state index in [0.29, 0.717) is 10.0 Å². The predicted molar refractivity (Wildman–Crippen MR) is 67.3 cm³/mol. The minimum atomic E-state index is -0.435. The monoisotopic (exact) mass is 256 g/mol. The third-order valence-corrected chi connectivity index (χ3v) is 4.20. The lowest BCUT2D eigenvalue weighted by Crippen LogP contribution is -2.31. The van der Waals surface area contributed by atoms with Crippen LogP contribution in [0.2, 0.25) is 10.0 Å². The van der Waals surface area contributed by atoms with E-state index >= 15 is 0 Å². The van der Waals surface area contributed by atoms with E-state index in [0.717, 1.165) is 31.2 Å². The fourth-order valence-electron chi connectivity index (χ4n) is 2.71. The first-order chi connectivity index (χ1) is 7.58. The Hall–Kier alpha value is -0.530. The summed E-state index contributed by atoms with van der Waals surface area (Å²) in [6.45, 7) is 1.64. The molecule has 0 radical (unpaired) electrons. The molecular formula is C13H14Cl2O. The van der Waals surface area contributed by atoms with Crippen LogP contribution in [-0.4, -0.2) is 5.78 Å². The first-order valence-corrected chi connectivity index (χ1v) is 6.29. The second-order valence-corrected chi connectivity index (χ2v) is 5.26. The van der Waals surface area contributed by atoms with Gasteiger partial charge in [-0.05, 0) is 31.9 Å². The molecular weight excluding hydrogens is 243 g/mol. The molecule has 0 aromatic heterocycles. The summed E-state index contributed by atoms with van der Waals surface area (Å²) in [6.07, 6.45) is 3.87. The van der Waals surface area contributed by atoms with Gasteiger partial charge in [0.25, 0.3) is 0 Å². The van der Waals surface area contributed by atoms with Crippen LogP contribution in [-0.2, 0) is 10.2 Å². The zero-order valence-corrected chi connectivity index (χ0v) is 10.7. The van der Waals surface area contributed by atoms with Crippen LogP contribution < -0.4 is 0 Å². The summed E-state index contributed by atoms with van der Waals surface area (Å²) < 4.78 is 0. The van der Waals surface area contributed by atoms with E-state index in [1.165, 1.54) is 0 Å². The number of halogens is 2. The smallest absolute Gasteiger partial charge is 0.140 e. The Bertz CT molecular complexity index is 400. The number of hydrogen-bond donors (Lipinski definition) is 0. The molecule has 0 saturated heterocycles. The Morgan fingerprint density at radius 1 is 1.19 bits per heavy atom. The van der Waals surface area contributed by atoms with Crippen molar-refractivity contribution in [3.63, 3.8) is 0 Å². The molecule has 86 valence electrons. The van der Waals surface area contributed by atoms with Crippen molar-refractivity contribution < 1.29 is 4.79 Å². The minimum absolute atomic E-state index is 0.181. The average molecular weight is 257 g/mol. The molecule has 0 unspecified atom stereocenters. The van der Waals surface area contributed by atoms with Crippen LogP contribution in [0.15, 0.2) is 18.2 Å². The Labute approximate surface area is 106 Å². The zero-order chi connectivity index (χ0) is 11.8. The molecule has 16 heavy (non-hydrogen) atoms. The molecule has 3 heteroatoms. The normalized spacial score (nSPS) is 18.7. The SMILES string of the molecule is CC(=O)C1(c2c(Cl)cccc2Cl)CCCC1. The van der Waals surface area contributed by atoms with Crippen molar-refractivity contribution in [2.45, 2.75) is 38.0 Å². The van der Waals surface area contributed by atoms with Gasteiger partial charge in [-0.2, -0.15) is 0 Å². The molecule has 1 aromatic rings. The predicted octanol–water partition coefficient (Wildman–Crippen LogP) is 4.39. The third-order valence-electron chi connectivity index (χ3n) is 3.57. The van der Waals surface area contributed by atoms with E-state index in [1.54, 1.807) is 6.92 Å². The number of hydrogen-bond acceptors (Lipinski definition) is 1. The van der Waals surface area contributed by atoms with Crippen molar-refractivity contribution >= 4 is 29.0 Å². The maximum absolute atomic E-state index is 12.0. The molecule has 0 atom stereocenters. The van der Waals surface area contributed by atoms with Crippen molar-refractivity contribution in [2.75, 3.05) is 0 Å². The van der Waals surface area contributed by atoms with Gasteiger partial charge >= 0.3 is 0 Å². The highest BCUT2D eigenvalue weighted by molar-refractivity contribution is 6.36. The number of rotatable bonds is 2. The Morgan fingerprint density at radius 2 is 1.69 bits per heavy atom. The van der Waals surface area contributed by atoms with Gasteiger partial charge < -0.3 is 0 Å². The summed E-state index contributed by atoms with van der Waals surface area (Å²) in [6, 6.07) is 5.44. The number of carbonyl (C=O) groups excluding carboxylic acids is 1. The van der Waals surface area contributed by atoms with Gasteiger partial charge in [-0.3, -0.25) is 4.79 Å². The van der Waals surface area contributed by atoms with Crippen LogP contribution in [0.4, 0.5) is 0 Å². The highest BCUT2D eigenvalue weighted by Crippen LogP contribution is 2.47. The van der Waals surface area contributed by atoms with Crippen LogP contribution in [0.25, 0.3) is 0 Å². The van der Waals surface area contributed by atoms with E-state index in [9.17, 15) is 4.79 Å².